The second kappa shape index (κ2) is 9.03. The molecule has 0 radical (unpaired) electrons. The summed E-state index contributed by atoms with van der Waals surface area (Å²) in [5.74, 6) is 0. The summed E-state index contributed by atoms with van der Waals surface area (Å²) in [6.07, 6.45) is 2.80. The third-order valence-electron chi connectivity index (χ3n) is 7.49. The summed E-state index contributed by atoms with van der Waals surface area (Å²) in [5.41, 5.74) is 9.19. The lowest BCUT2D eigenvalue weighted by Crippen LogP contribution is -2.46. The first kappa shape index (κ1) is 25.5. The van der Waals surface area contributed by atoms with E-state index in [1.165, 1.54) is 94.5 Å². The molecule has 2 atom stereocenters. The van der Waals surface area contributed by atoms with Gasteiger partial charge in [-0.1, -0.05) is 58.7 Å². The number of hydrogen-bond donors (Lipinski definition) is 0. The van der Waals surface area contributed by atoms with E-state index < -0.39 is 0 Å². The lowest BCUT2D eigenvalue weighted by molar-refractivity contribution is -0.925. The lowest BCUT2D eigenvalue weighted by Gasteiger charge is -2.34. The molecule has 2 fully saturated rings. The number of rotatable bonds is 4. The average Bonchev–Trinajstić information content (AvgIpc) is 3.04. The molecule has 172 valence electrons. The maximum atomic E-state index is 2.50. The van der Waals surface area contributed by atoms with Crippen LogP contribution in [0.5, 0.6) is 0 Å². The lowest BCUT2D eigenvalue weighted by atomic mass is 9.86. The third kappa shape index (κ3) is 5.75. The van der Waals surface area contributed by atoms with E-state index in [1.807, 2.05) is 0 Å². The van der Waals surface area contributed by atoms with E-state index in [0.717, 1.165) is 0 Å². The first-order valence-corrected chi connectivity index (χ1v) is 11.4. The van der Waals surface area contributed by atoms with Gasteiger partial charge in [0.1, 0.15) is 13.1 Å². The van der Waals surface area contributed by atoms with Crippen LogP contribution in [-0.4, -0.2) is 60.2 Å². The van der Waals surface area contributed by atoms with Gasteiger partial charge < -0.3 is 19.9 Å². The smallest absolute Gasteiger partial charge is 0.104 e. The zero-order valence-corrected chi connectivity index (χ0v) is 20.4. The Morgan fingerprint density at radius 1 is 0.613 bits per heavy atom. The van der Waals surface area contributed by atoms with Crippen molar-refractivity contribution < 1.29 is 19.9 Å². The minimum Gasteiger partial charge on any atom is -0.870 e. The molecule has 4 nitrogen and oxygen atoms in total. The number of hydrogen-bond acceptors (Lipinski definition) is 2. The highest BCUT2D eigenvalue weighted by Crippen LogP contribution is 2.45. The van der Waals surface area contributed by atoms with E-state index in [0.29, 0.717) is 5.41 Å². The van der Waals surface area contributed by atoms with E-state index in [4.69, 9.17) is 0 Å². The van der Waals surface area contributed by atoms with Gasteiger partial charge in [0, 0.05) is 24.0 Å². The molecule has 2 aliphatic rings. The van der Waals surface area contributed by atoms with Crippen molar-refractivity contribution in [2.75, 3.05) is 40.3 Å². The molecule has 0 aliphatic carbocycles. The Hall–Kier alpha value is -1.72. The number of quaternary nitrogens is 2. The van der Waals surface area contributed by atoms with Crippen LogP contribution in [-0.2, 0) is 13.1 Å². The SMILES string of the molecule is Cc1cc(C)cc(C[N+]2(C)CCC3(CC[N+](C)(Cc4cc(C)cc(C)c4)C3)C2)c1.[OH-].[OH-]. The van der Waals surface area contributed by atoms with Crippen molar-refractivity contribution in [3.63, 3.8) is 0 Å². The van der Waals surface area contributed by atoms with E-state index in [-0.39, 0.29) is 11.0 Å². The van der Waals surface area contributed by atoms with Crippen LogP contribution in [0.4, 0.5) is 0 Å². The summed E-state index contributed by atoms with van der Waals surface area (Å²) >= 11 is 0. The van der Waals surface area contributed by atoms with Crippen LogP contribution in [0.15, 0.2) is 36.4 Å². The van der Waals surface area contributed by atoms with E-state index >= 15 is 0 Å². The van der Waals surface area contributed by atoms with Gasteiger partial charge >= 0.3 is 0 Å². The van der Waals surface area contributed by atoms with Gasteiger partial charge in [-0.05, 0) is 27.7 Å². The Morgan fingerprint density at radius 2 is 0.935 bits per heavy atom. The summed E-state index contributed by atoms with van der Waals surface area (Å²) in [6.45, 7) is 16.7. The normalized spacial score (nSPS) is 29.6. The molecule has 4 rings (SSSR count). The van der Waals surface area contributed by atoms with Gasteiger partial charge in [0.2, 0.25) is 0 Å². The molecule has 0 aromatic heterocycles. The minimum atomic E-state index is 0. The highest BCUT2D eigenvalue weighted by molar-refractivity contribution is 5.29. The Morgan fingerprint density at radius 3 is 1.26 bits per heavy atom. The Labute approximate surface area is 189 Å². The second-order valence-electron chi connectivity index (χ2n) is 11.3. The van der Waals surface area contributed by atoms with E-state index in [2.05, 4.69) is 78.2 Å². The molecule has 0 amide bonds. The molecule has 2 aromatic rings. The zero-order chi connectivity index (χ0) is 20.9. The molecule has 2 unspecified atom stereocenters. The van der Waals surface area contributed by atoms with Crippen LogP contribution in [0.2, 0.25) is 0 Å². The molecular formula is C27H42N2O2. The number of likely N-dealkylation sites (tertiary alicyclic amines) is 2. The van der Waals surface area contributed by atoms with Gasteiger partial charge in [0.05, 0.1) is 45.7 Å². The molecule has 0 saturated carbocycles. The van der Waals surface area contributed by atoms with Crippen LogP contribution < -0.4 is 0 Å². The predicted molar refractivity (Wildman–Crippen MR) is 127 cm³/mol. The molecule has 4 heteroatoms. The fourth-order valence-corrected chi connectivity index (χ4v) is 6.76. The molecule has 1 spiro atoms. The summed E-state index contributed by atoms with van der Waals surface area (Å²) in [4.78, 5) is 0. The van der Waals surface area contributed by atoms with Crippen LogP contribution in [0.3, 0.4) is 0 Å². The monoisotopic (exact) mass is 426 g/mol. The molecule has 2 N–H and O–H groups in total. The molecular weight excluding hydrogens is 384 g/mol. The summed E-state index contributed by atoms with van der Waals surface area (Å²) in [6, 6.07) is 14.2. The fourth-order valence-electron chi connectivity index (χ4n) is 6.76. The number of nitrogens with zero attached hydrogens (tertiary/aromatic N) is 2. The predicted octanol–water partition coefficient (Wildman–Crippen LogP) is 4.95. The Kier molecular flexibility index (Phi) is 7.44. The topological polar surface area (TPSA) is 60.0 Å². The largest absolute Gasteiger partial charge is 0.870 e. The van der Waals surface area contributed by atoms with Crippen LogP contribution >= 0.6 is 0 Å². The van der Waals surface area contributed by atoms with Crippen molar-refractivity contribution in [1.29, 1.82) is 0 Å². The zero-order valence-electron chi connectivity index (χ0n) is 20.4. The molecule has 2 saturated heterocycles. The Bertz CT molecular complexity index is 809. The van der Waals surface area contributed by atoms with Crippen molar-refractivity contribution in [2.45, 2.75) is 53.6 Å². The average molecular weight is 427 g/mol. The number of aryl methyl sites for hydroxylation is 4. The van der Waals surface area contributed by atoms with Gasteiger partial charge in [0.25, 0.3) is 0 Å². The molecule has 2 heterocycles. The van der Waals surface area contributed by atoms with E-state index in [9.17, 15) is 0 Å². The van der Waals surface area contributed by atoms with Crippen LogP contribution in [0.1, 0.15) is 46.2 Å². The maximum Gasteiger partial charge on any atom is 0.104 e. The maximum absolute atomic E-state index is 2.50. The van der Waals surface area contributed by atoms with E-state index in [1.54, 1.807) is 0 Å². The summed E-state index contributed by atoms with van der Waals surface area (Å²) < 4.78 is 2.43. The highest BCUT2D eigenvalue weighted by atomic mass is 16.0. The van der Waals surface area contributed by atoms with Gasteiger partial charge in [0.15, 0.2) is 0 Å². The summed E-state index contributed by atoms with van der Waals surface area (Å²) in [7, 11) is 5.00. The highest BCUT2D eigenvalue weighted by Gasteiger charge is 2.55. The van der Waals surface area contributed by atoms with Crippen molar-refractivity contribution in [1.82, 2.24) is 0 Å². The summed E-state index contributed by atoms with van der Waals surface area (Å²) in [5, 5.41) is 0. The van der Waals surface area contributed by atoms with Crippen molar-refractivity contribution in [2.24, 2.45) is 5.41 Å². The van der Waals surface area contributed by atoms with Gasteiger partial charge in [-0.15, -0.1) is 0 Å². The molecule has 0 bridgehead atoms. The standard InChI is InChI=1S/C27H40N2.2H2O/c1-21-11-22(2)14-25(13-21)17-28(5)9-7-27(19-28)8-10-29(6,20-27)18-26-15-23(3)12-24(4)16-26;;/h11-16H,7-10,17-20H2,1-6H3;2*1H2/q+2;;/p-2. The van der Waals surface area contributed by atoms with Crippen LogP contribution in [0, 0.1) is 33.1 Å². The van der Waals surface area contributed by atoms with Gasteiger partial charge in [-0.3, -0.25) is 0 Å². The first-order chi connectivity index (χ1) is 13.6. The number of benzene rings is 2. The third-order valence-corrected chi connectivity index (χ3v) is 7.49. The molecule has 31 heavy (non-hydrogen) atoms. The molecule has 2 aromatic carbocycles. The minimum absolute atomic E-state index is 0. The molecule has 2 aliphatic heterocycles. The van der Waals surface area contributed by atoms with Gasteiger partial charge in [-0.2, -0.15) is 0 Å². The fraction of sp³-hybridized carbons (Fsp3) is 0.556. The quantitative estimate of drug-likeness (QED) is 0.649. The van der Waals surface area contributed by atoms with Crippen molar-refractivity contribution >= 4 is 0 Å². The van der Waals surface area contributed by atoms with Gasteiger partial charge in [-0.25, -0.2) is 0 Å². The van der Waals surface area contributed by atoms with Crippen LogP contribution in [0.25, 0.3) is 0 Å². The second-order valence-corrected chi connectivity index (χ2v) is 11.3. The van der Waals surface area contributed by atoms with Crippen molar-refractivity contribution in [3.8, 4) is 0 Å². The van der Waals surface area contributed by atoms with Crippen molar-refractivity contribution in [3.05, 3.63) is 69.8 Å². The Balaban J connectivity index is 0.00000171. The first-order valence-electron chi connectivity index (χ1n) is 11.4.